The minimum atomic E-state index is 0.494. The first-order chi connectivity index (χ1) is 8.74. The van der Waals surface area contributed by atoms with E-state index in [4.69, 9.17) is 4.98 Å². The zero-order chi connectivity index (χ0) is 13.0. The van der Waals surface area contributed by atoms with Crippen molar-refractivity contribution in [3.8, 4) is 0 Å². The number of aryl methyl sites for hydroxylation is 2. The normalized spacial score (nSPS) is 17.1. The van der Waals surface area contributed by atoms with Gasteiger partial charge in [-0.05, 0) is 51.0 Å². The summed E-state index contributed by atoms with van der Waals surface area (Å²) < 4.78 is 0. The van der Waals surface area contributed by atoms with Gasteiger partial charge in [-0.2, -0.15) is 11.8 Å². The van der Waals surface area contributed by atoms with E-state index in [1.807, 2.05) is 23.1 Å². The van der Waals surface area contributed by atoms with Crippen molar-refractivity contribution in [3.63, 3.8) is 0 Å². The zero-order valence-corrected chi connectivity index (χ0v) is 13.3. The van der Waals surface area contributed by atoms with Crippen molar-refractivity contribution in [1.29, 1.82) is 0 Å². The van der Waals surface area contributed by atoms with E-state index in [9.17, 15) is 0 Å². The molecule has 0 aromatic carbocycles. The third-order valence-electron chi connectivity index (χ3n) is 3.40. The van der Waals surface area contributed by atoms with E-state index in [2.05, 4.69) is 25.4 Å². The van der Waals surface area contributed by atoms with Gasteiger partial charge in [-0.15, -0.1) is 11.3 Å². The molecule has 0 amide bonds. The number of nitrogens with one attached hydrogen (secondary N) is 1. The van der Waals surface area contributed by atoms with Gasteiger partial charge >= 0.3 is 0 Å². The molecule has 1 atom stereocenters. The maximum Gasteiger partial charge on any atom is 0.110 e. The molecular formula is C14H24N2S2. The quantitative estimate of drug-likeness (QED) is 0.732. The molecule has 0 spiro atoms. The predicted molar refractivity (Wildman–Crippen MR) is 82.7 cm³/mol. The highest BCUT2D eigenvalue weighted by molar-refractivity contribution is 7.98. The lowest BCUT2D eigenvalue weighted by Gasteiger charge is -2.15. The minimum absolute atomic E-state index is 0.494. The van der Waals surface area contributed by atoms with E-state index in [1.54, 1.807) is 0 Å². The van der Waals surface area contributed by atoms with Crippen LogP contribution in [0.1, 0.15) is 54.2 Å². The van der Waals surface area contributed by atoms with Gasteiger partial charge in [-0.1, -0.05) is 6.92 Å². The molecule has 1 aliphatic carbocycles. The second kappa shape index (κ2) is 6.92. The summed E-state index contributed by atoms with van der Waals surface area (Å²) in [5.74, 6) is 1.26. The number of hydrogen-bond acceptors (Lipinski definition) is 4. The molecule has 1 aromatic rings. The lowest BCUT2D eigenvalue weighted by molar-refractivity contribution is 0.490. The Labute approximate surface area is 119 Å². The Kier molecular flexibility index (Phi) is 5.52. The molecule has 1 heterocycles. The Morgan fingerprint density at radius 1 is 1.50 bits per heavy atom. The fourth-order valence-corrected chi connectivity index (χ4v) is 3.73. The van der Waals surface area contributed by atoms with Crippen LogP contribution in [-0.2, 0) is 6.42 Å². The largest absolute Gasteiger partial charge is 0.305 e. The van der Waals surface area contributed by atoms with E-state index in [-0.39, 0.29) is 0 Å². The van der Waals surface area contributed by atoms with E-state index >= 15 is 0 Å². The maximum absolute atomic E-state index is 4.84. The van der Waals surface area contributed by atoms with Crippen LogP contribution >= 0.6 is 23.1 Å². The molecule has 2 rings (SSSR count). The lowest BCUT2D eigenvalue weighted by Crippen LogP contribution is -2.23. The number of thioether (sulfide) groups is 1. The molecule has 1 aromatic heterocycles. The number of rotatable bonds is 8. The lowest BCUT2D eigenvalue weighted by atomic mass is 10.1. The Hall–Kier alpha value is -0.0600. The van der Waals surface area contributed by atoms with Crippen molar-refractivity contribution in [2.75, 3.05) is 12.0 Å². The van der Waals surface area contributed by atoms with Crippen LogP contribution in [0.5, 0.6) is 0 Å². The molecule has 0 radical (unpaired) electrons. The van der Waals surface area contributed by atoms with Crippen molar-refractivity contribution in [1.82, 2.24) is 10.3 Å². The SMILES string of the molecule is CCc1nc(C(CCCSC)NC2CC2)sc1C. The summed E-state index contributed by atoms with van der Waals surface area (Å²) in [6, 6.07) is 1.26. The summed E-state index contributed by atoms with van der Waals surface area (Å²) in [5.41, 5.74) is 1.29. The van der Waals surface area contributed by atoms with Crippen LogP contribution in [0.4, 0.5) is 0 Å². The van der Waals surface area contributed by atoms with Crippen molar-refractivity contribution >= 4 is 23.1 Å². The minimum Gasteiger partial charge on any atom is -0.305 e. The first-order valence-corrected chi connectivity index (χ1v) is 9.16. The second-order valence-electron chi connectivity index (χ2n) is 5.04. The van der Waals surface area contributed by atoms with Gasteiger partial charge in [0.05, 0.1) is 11.7 Å². The van der Waals surface area contributed by atoms with Gasteiger partial charge in [0.25, 0.3) is 0 Å². The topological polar surface area (TPSA) is 24.9 Å². The number of aromatic nitrogens is 1. The summed E-state index contributed by atoms with van der Waals surface area (Å²) >= 11 is 3.84. The van der Waals surface area contributed by atoms with Crippen molar-refractivity contribution in [2.45, 2.75) is 58.0 Å². The monoisotopic (exact) mass is 284 g/mol. The van der Waals surface area contributed by atoms with E-state index < -0.39 is 0 Å². The smallest absolute Gasteiger partial charge is 0.110 e. The highest BCUT2D eigenvalue weighted by Gasteiger charge is 2.26. The summed E-state index contributed by atoms with van der Waals surface area (Å²) in [4.78, 5) is 6.24. The van der Waals surface area contributed by atoms with Crippen molar-refractivity contribution in [2.24, 2.45) is 0 Å². The summed E-state index contributed by atoms with van der Waals surface area (Å²) in [7, 11) is 0. The zero-order valence-electron chi connectivity index (χ0n) is 11.7. The van der Waals surface area contributed by atoms with Crippen LogP contribution < -0.4 is 5.32 Å². The average Bonchev–Trinajstić information content (AvgIpc) is 3.10. The van der Waals surface area contributed by atoms with Crippen molar-refractivity contribution < 1.29 is 0 Å². The van der Waals surface area contributed by atoms with E-state index in [1.165, 1.54) is 47.0 Å². The second-order valence-corrected chi connectivity index (χ2v) is 7.26. The number of hydrogen-bond donors (Lipinski definition) is 1. The summed E-state index contributed by atoms with van der Waals surface area (Å²) in [6.07, 6.45) is 8.46. The van der Waals surface area contributed by atoms with Gasteiger partial charge in [-0.25, -0.2) is 4.98 Å². The van der Waals surface area contributed by atoms with Crippen LogP contribution in [-0.4, -0.2) is 23.0 Å². The van der Waals surface area contributed by atoms with Crippen LogP contribution in [0.25, 0.3) is 0 Å². The Morgan fingerprint density at radius 2 is 2.28 bits per heavy atom. The standard InChI is InChI=1S/C14H24N2S2/c1-4-12-10(2)18-14(16-12)13(6-5-9-17-3)15-11-7-8-11/h11,13,15H,4-9H2,1-3H3. The molecule has 1 unspecified atom stereocenters. The molecule has 0 aliphatic heterocycles. The third-order valence-corrected chi connectivity index (χ3v) is 5.22. The van der Waals surface area contributed by atoms with Crippen LogP contribution in [0, 0.1) is 6.92 Å². The van der Waals surface area contributed by atoms with Gasteiger partial charge in [-0.3, -0.25) is 0 Å². The predicted octanol–water partition coefficient (Wildman–Crippen LogP) is 3.95. The van der Waals surface area contributed by atoms with Crippen LogP contribution in [0.15, 0.2) is 0 Å². The first kappa shape index (κ1) is 14.4. The molecule has 102 valence electrons. The molecule has 1 aliphatic rings. The molecule has 4 heteroatoms. The molecular weight excluding hydrogens is 260 g/mol. The van der Waals surface area contributed by atoms with E-state index in [0.29, 0.717) is 6.04 Å². The Morgan fingerprint density at radius 3 is 2.83 bits per heavy atom. The van der Waals surface area contributed by atoms with Gasteiger partial charge in [0.2, 0.25) is 0 Å². The van der Waals surface area contributed by atoms with Gasteiger partial charge in [0.15, 0.2) is 0 Å². The van der Waals surface area contributed by atoms with Gasteiger partial charge < -0.3 is 5.32 Å². The highest BCUT2D eigenvalue weighted by Crippen LogP contribution is 2.31. The Balaban J connectivity index is 2.00. The number of nitrogens with zero attached hydrogens (tertiary/aromatic N) is 1. The first-order valence-electron chi connectivity index (χ1n) is 6.95. The average molecular weight is 284 g/mol. The van der Waals surface area contributed by atoms with Gasteiger partial charge in [0, 0.05) is 10.9 Å². The maximum atomic E-state index is 4.84. The van der Waals surface area contributed by atoms with Crippen molar-refractivity contribution in [3.05, 3.63) is 15.6 Å². The molecule has 1 saturated carbocycles. The highest BCUT2D eigenvalue weighted by atomic mass is 32.2. The van der Waals surface area contributed by atoms with E-state index in [0.717, 1.165) is 12.5 Å². The fraction of sp³-hybridized carbons (Fsp3) is 0.786. The number of thiazole rings is 1. The molecule has 0 saturated heterocycles. The summed E-state index contributed by atoms with van der Waals surface area (Å²) in [6.45, 7) is 4.40. The Bertz CT molecular complexity index is 372. The third kappa shape index (κ3) is 3.97. The van der Waals surface area contributed by atoms with Gasteiger partial charge in [0.1, 0.15) is 5.01 Å². The fourth-order valence-electron chi connectivity index (χ4n) is 2.17. The molecule has 1 N–H and O–H groups in total. The summed E-state index contributed by atoms with van der Waals surface area (Å²) in [5, 5.41) is 5.09. The molecule has 18 heavy (non-hydrogen) atoms. The van der Waals surface area contributed by atoms with Crippen LogP contribution in [0.2, 0.25) is 0 Å². The molecule has 0 bridgehead atoms. The van der Waals surface area contributed by atoms with Crippen LogP contribution in [0.3, 0.4) is 0 Å². The molecule has 2 nitrogen and oxygen atoms in total. The molecule has 1 fully saturated rings.